The SMILES string of the molecule is CC(C)(C)c1cn2c(n1)NCC(c1ccncc1)C2. The van der Waals surface area contributed by atoms with E-state index in [9.17, 15) is 0 Å². The first-order chi connectivity index (χ1) is 9.04. The average molecular weight is 256 g/mol. The quantitative estimate of drug-likeness (QED) is 0.853. The lowest BCUT2D eigenvalue weighted by Gasteiger charge is -2.25. The number of fused-ring (bicyclic) bond motifs is 1. The number of imidazole rings is 1. The van der Waals surface area contributed by atoms with Gasteiger partial charge in [-0.2, -0.15) is 0 Å². The largest absolute Gasteiger partial charge is 0.355 e. The molecule has 1 unspecified atom stereocenters. The van der Waals surface area contributed by atoms with Gasteiger partial charge in [0.05, 0.1) is 5.69 Å². The minimum atomic E-state index is 0.0954. The molecule has 0 radical (unpaired) electrons. The zero-order valence-corrected chi connectivity index (χ0v) is 11.7. The van der Waals surface area contributed by atoms with Crippen LogP contribution in [0.2, 0.25) is 0 Å². The monoisotopic (exact) mass is 256 g/mol. The second-order valence-electron chi connectivity index (χ2n) is 6.21. The van der Waals surface area contributed by atoms with Crippen LogP contribution < -0.4 is 5.32 Å². The molecule has 3 rings (SSSR count). The molecule has 100 valence electrons. The normalized spacial score (nSPS) is 18.8. The number of hydrogen-bond acceptors (Lipinski definition) is 3. The van der Waals surface area contributed by atoms with Crippen molar-refractivity contribution in [2.75, 3.05) is 11.9 Å². The van der Waals surface area contributed by atoms with E-state index >= 15 is 0 Å². The van der Waals surface area contributed by atoms with Gasteiger partial charge in [-0.15, -0.1) is 0 Å². The Balaban J connectivity index is 1.86. The number of aromatic nitrogens is 3. The van der Waals surface area contributed by atoms with Crippen LogP contribution in [0.4, 0.5) is 5.95 Å². The lowest BCUT2D eigenvalue weighted by molar-refractivity contribution is 0.544. The number of nitrogens with one attached hydrogen (secondary N) is 1. The summed E-state index contributed by atoms with van der Waals surface area (Å²) in [5.41, 5.74) is 2.57. The lowest BCUT2D eigenvalue weighted by atomic mass is 9.93. The fourth-order valence-corrected chi connectivity index (χ4v) is 2.43. The second-order valence-corrected chi connectivity index (χ2v) is 6.21. The predicted octanol–water partition coefficient (Wildman–Crippen LogP) is 2.78. The van der Waals surface area contributed by atoms with Crippen molar-refractivity contribution in [3.8, 4) is 0 Å². The topological polar surface area (TPSA) is 42.7 Å². The van der Waals surface area contributed by atoms with Gasteiger partial charge in [0.15, 0.2) is 0 Å². The van der Waals surface area contributed by atoms with Crippen molar-refractivity contribution < 1.29 is 0 Å². The number of anilines is 1. The van der Waals surface area contributed by atoms with Gasteiger partial charge < -0.3 is 9.88 Å². The molecule has 0 aliphatic carbocycles. The Bertz CT molecular complexity index is 566. The first-order valence-corrected chi connectivity index (χ1v) is 6.75. The molecule has 19 heavy (non-hydrogen) atoms. The van der Waals surface area contributed by atoms with Gasteiger partial charge in [0.25, 0.3) is 0 Å². The summed E-state index contributed by atoms with van der Waals surface area (Å²) >= 11 is 0. The zero-order chi connectivity index (χ0) is 13.5. The average Bonchev–Trinajstić information content (AvgIpc) is 2.82. The smallest absolute Gasteiger partial charge is 0.203 e. The molecular weight excluding hydrogens is 236 g/mol. The van der Waals surface area contributed by atoms with Crippen molar-refractivity contribution in [1.82, 2.24) is 14.5 Å². The highest BCUT2D eigenvalue weighted by atomic mass is 15.2. The van der Waals surface area contributed by atoms with E-state index < -0.39 is 0 Å². The fourth-order valence-electron chi connectivity index (χ4n) is 2.43. The molecule has 0 amide bonds. The molecule has 3 heterocycles. The summed E-state index contributed by atoms with van der Waals surface area (Å²) in [6.07, 6.45) is 5.90. The molecule has 2 aromatic rings. The second kappa shape index (κ2) is 4.37. The minimum Gasteiger partial charge on any atom is -0.355 e. The molecule has 0 saturated heterocycles. The van der Waals surface area contributed by atoms with Crippen LogP contribution in [0.25, 0.3) is 0 Å². The molecule has 0 spiro atoms. The highest BCUT2D eigenvalue weighted by Crippen LogP contribution is 2.29. The van der Waals surface area contributed by atoms with Gasteiger partial charge in [-0.1, -0.05) is 20.8 Å². The molecule has 1 N–H and O–H groups in total. The molecule has 1 aliphatic rings. The van der Waals surface area contributed by atoms with E-state index in [1.54, 1.807) is 0 Å². The van der Waals surface area contributed by atoms with Gasteiger partial charge in [0, 0.05) is 43.0 Å². The Hall–Kier alpha value is -1.84. The Labute approximate surface area is 113 Å². The van der Waals surface area contributed by atoms with Gasteiger partial charge in [-0.05, 0) is 17.7 Å². The third-order valence-corrected chi connectivity index (χ3v) is 3.65. The maximum absolute atomic E-state index is 4.69. The molecule has 0 saturated carbocycles. The van der Waals surface area contributed by atoms with E-state index in [0.717, 1.165) is 24.7 Å². The van der Waals surface area contributed by atoms with Gasteiger partial charge in [0.1, 0.15) is 0 Å². The molecule has 4 heteroatoms. The van der Waals surface area contributed by atoms with Crippen molar-refractivity contribution >= 4 is 5.95 Å². The molecule has 4 nitrogen and oxygen atoms in total. The van der Waals surface area contributed by atoms with Gasteiger partial charge in [-0.25, -0.2) is 4.98 Å². The third-order valence-electron chi connectivity index (χ3n) is 3.65. The predicted molar refractivity (Wildman–Crippen MR) is 76.4 cm³/mol. The summed E-state index contributed by atoms with van der Waals surface area (Å²) in [4.78, 5) is 8.77. The van der Waals surface area contributed by atoms with E-state index in [0.29, 0.717) is 5.92 Å². The van der Waals surface area contributed by atoms with Crippen molar-refractivity contribution in [1.29, 1.82) is 0 Å². The van der Waals surface area contributed by atoms with Crippen LogP contribution in [0.3, 0.4) is 0 Å². The number of nitrogens with zero attached hydrogens (tertiary/aromatic N) is 3. The van der Waals surface area contributed by atoms with E-state index in [2.05, 4.69) is 59.0 Å². The number of pyridine rings is 1. The zero-order valence-electron chi connectivity index (χ0n) is 11.7. The van der Waals surface area contributed by atoms with Crippen molar-refractivity contribution in [3.63, 3.8) is 0 Å². The maximum Gasteiger partial charge on any atom is 0.203 e. The summed E-state index contributed by atoms with van der Waals surface area (Å²) in [6, 6.07) is 4.19. The van der Waals surface area contributed by atoms with Crippen LogP contribution >= 0.6 is 0 Å². The fraction of sp³-hybridized carbons (Fsp3) is 0.467. The van der Waals surface area contributed by atoms with E-state index in [1.165, 1.54) is 5.56 Å². The molecule has 2 aromatic heterocycles. The third kappa shape index (κ3) is 2.35. The summed E-state index contributed by atoms with van der Waals surface area (Å²) in [7, 11) is 0. The molecular formula is C15H20N4. The van der Waals surface area contributed by atoms with Gasteiger partial charge >= 0.3 is 0 Å². The first-order valence-electron chi connectivity index (χ1n) is 6.75. The minimum absolute atomic E-state index is 0.0954. The molecule has 0 fully saturated rings. The van der Waals surface area contributed by atoms with Crippen LogP contribution in [0.1, 0.15) is 37.9 Å². The van der Waals surface area contributed by atoms with Crippen molar-refractivity contribution in [3.05, 3.63) is 42.0 Å². The van der Waals surface area contributed by atoms with Gasteiger partial charge in [0.2, 0.25) is 5.95 Å². The van der Waals surface area contributed by atoms with Crippen LogP contribution in [0.15, 0.2) is 30.7 Å². The first kappa shape index (κ1) is 12.2. The highest BCUT2D eigenvalue weighted by Gasteiger charge is 2.24. The molecule has 1 atom stereocenters. The Morgan fingerprint density at radius 3 is 2.68 bits per heavy atom. The summed E-state index contributed by atoms with van der Waals surface area (Å²) in [6.45, 7) is 8.51. The molecule has 0 bridgehead atoms. The van der Waals surface area contributed by atoms with E-state index in [-0.39, 0.29) is 5.41 Å². The Morgan fingerprint density at radius 1 is 1.26 bits per heavy atom. The summed E-state index contributed by atoms with van der Waals surface area (Å²) < 4.78 is 2.23. The van der Waals surface area contributed by atoms with Crippen LogP contribution in [0, 0.1) is 0 Å². The van der Waals surface area contributed by atoms with Crippen molar-refractivity contribution in [2.24, 2.45) is 0 Å². The molecule has 1 aliphatic heterocycles. The van der Waals surface area contributed by atoms with Crippen LogP contribution in [-0.2, 0) is 12.0 Å². The number of rotatable bonds is 1. The number of hydrogen-bond donors (Lipinski definition) is 1. The summed E-state index contributed by atoms with van der Waals surface area (Å²) in [5, 5.41) is 3.44. The van der Waals surface area contributed by atoms with Crippen molar-refractivity contribution in [2.45, 2.75) is 38.6 Å². The van der Waals surface area contributed by atoms with E-state index in [4.69, 9.17) is 0 Å². The Morgan fingerprint density at radius 2 is 2.00 bits per heavy atom. The lowest BCUT2D eigenvalue weighted by Crippen LogP contribution is -2.25. The highest BCUT2D eigenvalue weighted by molar-refractivity contribution is 5.36. The van der Waals surface area contributed by atoms with Crippen LogP contribution in [-0.4, -0.2) is 21.1 Å². The maximum atomic E-state index is 4.69. The molecule has 0 aromatic carbocycles. The van der Waals surface area contributed by atoms with Gasteiger partial charge in [-0.3, -0.25) is 4.98 Å². The summed E-state index contributed by atoms with van der Waals surface area (Å²) in [5.74, 6) is 1.48. The van der Waals surface area contributed by atoms with E-state index in [1.807, 2.05) is 12.4 Å². The Kier molecular flexibility index (Phi) is 2.81. The standard InChI is InChI=1S/C15H20N4/c1-15(2,3)13-10-19-9-12(8-17-14(19)18-13)11-4-6-16-7-5-11/h4-7,10,12H,8-9H2,1-3H3,(H,17,18). The van der Waals surface area contributed by atoms with Crippen LogP contribution in [0.5, 0.6) is 0 Å².